The van der Waals surface area contributed by atoms with Crippen LogP contribution in [0.15, 0.2) is 54.6 Å². The van der Waals surface area contributed by atoms with Gasteiger partial charge in [0.1, 0.15) is 18.1 Å². The van der Waals surface area contributed by atoms with Gasteiger partial charge in [0.05, 0.1) is 11.4 Å². The summed E-state index contributed by atoms with van der Waals surface area (Å²) in [6.45, 7) is 7.39. The largest absolute Gasteiger partial charge is 0.480 e. The highest BCUT2D eigenvalue weighted by atomic mass is 16.4. The number of hydrogen-bond acceptors (Lipinski definition) is 4. The number of nitrogens with one attached hydrogen (secondary N) is 3. The Kier molecular flexibility index (Phi) is 8.68. The van der Waals surface area contributed by atoms with Crippen LogP contribution < -0.4 is 20.9 Å². The third-order valence-corrected chi connectivity index (χ3v) is 6.49. The second kappa shape index (κ2) is 11.7. The summed E-state index contributed by atoms with van der Waals surface area (Å²) in [6, 6.07) is 12.5. The topological polar surface area (TPSA) is 128 Å². The average Bonchev–Trinajstić information content (AvgIpc) is 2.85. The van der Waals surface area contributed by atoms with E-state index in [4.69, 9.17) is 0 Å². The molecule has 0 aliphatic carbocycles. The van der Waals surface area contributed by atoms with E-state index in [2.05, 4.69) is 16.0 Å². The highest BCUT2D eigenvalue weighted by Gasteiger charge is 2.40. The predicted molar refractivity (Wildman–Crippen MR) is 138 cm³/mol. The maximum atomic E-state index is 13.6. The summed E-state index contributed by atoms with van der Waals surface area (Å²) in [4.78, 5) is 53.0. The number of amides is 4. The van der Waals surface area contributed by atoms with Gasteiger partial charge in [-0.25, -0.2) is 9.59 Å². The number of para-hydroxylation sites is 2. The molecule has 1 aliphatic heterocycles. The van der Waals surface area contributed by atoms with Crippen molar-refractivity contribution in [1.29, 1.82) is 0 Å². The summed E-state index contributed by atoms with van der Waals surface area (Å²) >= 11 is 0. The monoisotopic (exact) mass is 494 g/mol. The zero-order valence-corrected chi connectivity index (χ0v) is 21.0. The van der Waals surface area contributed by atoms with Crippen molar-refractivity contribution in [3.05, 3.63) is 60.2 Å². The van der Waals surface area contributed by atoms with Gasteiger partial charge in [-0.3, -0.25) is 14.5 Å². The van der Waals surface area contributed by atoms with Crippen molar-refractivity contribution in [1.82, 2.24) is 10.6 Å². The lowest BCUT2D eigenvalue weighted by atomic mass is 9.96. The summed E-state index contributed by atoms with van der Waals surface area (Å²) < 4.78 is 0. The second-order valence-corrected chi connectivity index (χ2v) is 9.47. The van der Waals surface area contributed by atoms with Crippen LogP contribution in [-0.2, 0) is 20.8 Å². The molecule has 0 saturated carbocycles. The van der Waals surface area contributed by atoms with Gasteiger partial charge < -0.3 is 21.1 Å². The highest BCUT2D eigenvalue weighted by Crippen LogP contribution is 2.34. The number of urea groups is 1. The first-order chi connectivity index (χ1) is 17.1. The van der Waals surface area contributed by atoms with Crippen LogP contribution in [0.2, 0.25) is 0 Å². The lowest BCUT2D eigenvalue weighted by Gasteiger charge is -2.39. The van der Waals surface area contributed by atoms with Crippen molar-refractivity contribution in [2.75, 3.05) is 10.2 Å². The van der Waals surface area contributed by atoms with Gasteiger partial charge in [0.25, 0.3) is 0 Å². The third-order valence-electron chi connectivity index (χ3n) is 6.49. The van der Waals surface area contributed by atoms with E-state index in [1.54, 1.807) is 48.5 Å². The van der Waals surface area contributed by atoms with Gasteiger partial charge in [0.15, 0.2) is 0 Å². The Morgan fingerprint density at radius 2 is 1.64 bits per heavy atom. The van der Waals surface area contributed by atoms with Crippen LogP contribution in [-0.4, -0.2) is 47.0 Å². The van der Waals surface area contributed by atoms with E-state index >= 15 is 0 Å². The van der Waals surface area contributed by atoms with E-state index in [9.17, 15) is 24.3 Å². The van der Waals surface area contributed by atoms with E-state index in [0.29, 0.717) is 17.8 Å². The fourth-order valence-corrected chi connectivity index (χ4v) is 4.32. The lowest BCUT2D eigenvalue weighted by molar-refractivity contribution is -0.142. The number of aliphatic carboxylic acids is 1. The first kappa shape index (κ1) is 26.7. The first-order valence-corrected chi connectivity index (χ1v) is 12.2. The van der Waals surface area contributed by atoms with Crippen molar-refractivity contribution < 1.29 is 24.3 Å². The van der Waals surface area contributed by atoms with Crippen LogP contribution in [0, 0.1) is 11.8 Å². The minimum absolute atomic E-state index is 0.109. The SMILES string of the molecule is CC[C@@H](C)[C@H](NC(=O)N1c2ccccc2NC(=O)[C@@H]1C(C)C)C(=O)N[C@@H](Cc1ccccc1)C(=O)O. The van der Waals surface area contributed by atoms with Gasteiger partial charge in [0.2, 0.25) is 11.8 Å². The van der Waals surface area contributed by atoms with Crippen molar-refractivity contribution in [3.8, 4) is 0 Å². The molecule has 0 radical (unpaired) electrons. The third kappa shape index (κ3) is 6.02. The normalized spacial score (nSPS) is 17.4. The molecule has 1 aliphatic rings. The molecule has 192 valence electrons. The second-order valence-electron chi connectivity index (χ2n) is 9.47. The number of carboxylic acids is 1. The quantitative estimate of drug-likeness (QED) is 0.425. The van der Waals surface area contributed by atoms with E-state index in [-0.39, 0.29) is 24.2 Å². The molecule has 3 rings (SSSR count). The van der Waals surface area contributed by atoms with Crippen molar-refractivity contribution in [3.63, 3.8) is 0 Å². The molecule has 36 heavy (non-hydrogen) atoms. The number of carboxylic acid groups (broad SMARTS) is 1. The zero-order valence-electron chi connectivity index (χ0n) is 21.0. The Hall–Kier alpha value is -3.88. The van der Waals surface area contributed by atoms with Crippen molar-refractivity contribution in [2.24, 2.45) is 11.8 Å². The van der Waals surface area contributed by atoms with E-state index in [1.165, 1.54) is 4.90 Å². The molecule has 9 heteroatoms. The number of carbonyl (C=O) groups excluding carboxylic acids is 3. The first-order valence-electron chi connectivity index (χ1n) is 12.2. The average molecular weight is 495 g/mol. The Bertz CT molecular complexity index is 1100. The number of anilines is 2. The van der Waals surface area contributed by atoms with Gasteiger partial charge in [-0.2, -0.15) is 0 Å². The number of nitrogens with zero attached hydrogens (tertiary/aromatic N) is 1. The summed E-state index contributed by atoms with van der Waals surface area (Å²) in [7, 11) is 0. The molecule has 0 unspecified atom stereocenters. The van der Waals surface area contributed by atoms with Gasteiger partial charge in [0, 0.05) is 6.42 Å². The molecule has 4 atom stereocenters. The number of benzene rings is 2. The molecule has 4 N–H and O–H groups in total. The summed E-state index contributed by atoms with van der Waals surface area (Å²) in [5, 5.41) is 18.0. The van der Waals surface area contributed by atoms with E-state index < -0.39 is 36.0 Å². The maximum Gasteiger partial charge on any atom is 0.326 e. The minimum atomic E-state index is -1.16. The molecule has 2 aromatic rings. The van der Waals surface area contributed by atoms with Crippen LogP contribution in [0.5, 0.6) is 0 Å². The van der Waals surface area contributed by atoms with Crippen LogP contribution in [0.1, 0.15) is 39.7 Å². The number of hydrogen-bond donors (Lipinski definition) is 4. The van der Waals surface area contributed by atoms with Gasteiger partial charge in [-0.1, -0.05) is 76.6 Å². The van der Waals surface area contributed by atoms with Crippen LogP contribution >= 0.6 is 0 Å². The summed E-state index contributed by atoms with van der Waals surface area (Å²) in [5.74, 6) is -2.54. The molecule has 0 fully saturated rings. The van der Waals surface area contributed by atoms with E-state index in [1.807, 2.05) is 33.8 Å². The van der Waals surface area contributed by atoms with Crippen LogP contribution in [0.3, 0.4) is 0 Å². The maximum absolute atomic E-state index is 13.6. The summed E-state index contributed by atoms with van der Waals surface area (Å²) in [5.41, 5.74) is 1.81. The lowest BCUT2D eigenvalue weighted by Crippen LogP contribution is -2.61. The standard InChI is InChI=1S/C27H34N4O5/c1-5-17(4)22(24(32)29-20(26(34)35)15-18-11-7-6-8-12-18)30-27(36)31-21-14-10-9-13-19(21)28-25(33)23(31)16(2)3/h6-14,16-17,20,22-23H,5,15H2,1-4H3,(H,28,33)(H,29,32)(H,30,36)(H,34,35)/t17-,20+,22+,23+/m1/s1. The van der Waals surface area contributed by atoms with Gasteiger partial charge in [-0.15, -0.1) is 0 Å². The molecule has 1 heterocycles. The molecule has 4 amide bonds. The Morgan fingerprint density at radius 1 is 1.00 bits per heavy atom. The fraction of sp³-hybridized carbons (Fsp3) is 0.407. The van der Waals surface area contributed by atoms with Crippen LogP contribution in [0.4, 0.5) is 16.2 Å². The smallest absolute Gasteiger partial charge is 0.326 e. The minimum Gasteiger partial charge on any atom is -0.480 e. The predicted octanol–water partition coefficient (Wildman–Crippen LogP) is 3.41. The Labute approximate surface area is 211 Å². The number of fused-ring (bicyclic) bond motifs is 1. The number of carbonyl (C=O) groups is 4. The van der Waals surface area contributed by atoms with Crippen LogP contribution in [0.25, 0.3) is 0 Å². The van der Waals surface area contributed by atoms with Crippen molar-refractivity contribution >= 4 is 35.2 Å². The molecular weight excluding hydrogens is 460 g/mol. The molecule has 9 nitrogen and oxygen atoms in total. The molecular formula is C27H34N4O5. The highest BCUT2D eigenvalue weighted by molar-refractivity contribution is 6.12. The van der Waals surface area contributed by atoms with Gasteiger partial charge in [-0.05, 0) is 29.5 Å². The molecule has 0 bridgehead atoms. The fourth-order valence-electron chi connectivity index (χ4n) is 4.32. The Balaban J connectivity index is 1.85. The summed E-state index contributed by atoms with van der Waals surface area (Å²) in [6.07, 6.45) is 0.678. The zero-order chi connectivity index (χ0) is 26.4. The Morgan fingerprint density at radius 3 is 2.25 bits per heavy atom. The molecule has 2 aromatic carbocycles. The van der Waals surface area contributed by atoms with E-state index in [0.717, 1.165) is 5.56 Å². The van der Waals surface area contributed by atoms with Crippen molar-refractivity contribution in [2.45, 2.75) is 58.7 Å². The molecule has 0 spiro atoms. The number of rotatable bonds is 9. The molecule has 0 aromatic heterocycles. The van der Waals surface area contributed by atoms with Gasteiger partial charge >= 0.3 is 12.0 Å². The molecule has 0 saturated heterocycles.